The van der Waals surface area contributed by atoms with E-state index in [0.29, 0.717) is 5.75 Å². The minimum Gasteiger partial charge on any atom is -0.497 e. The summed E-state index contributed by atoms with van der Waals surface area (Å²) in [5.41, 5.74) is 0.755. The van der Waals surface area contributed by atoms with Crippen molar-refractivity contribution >= 4 is 16.2 Å². The highest BCUT2D eigenvalue weighted by molar-refractivity contribution is 7.88. The molecule has 1 aromatic carbocycles. The van der Waals surface area contributed by atoms with Crippen molar-refractivity contribution in [1.82, 2.24) is 4.83 Å². The third-order valence-electron chi connectivity index (χ3n) is 1.53. The molecule has 1 rings (SSSR count). The summed E-state index contributed by atoms with van der Waals surface area (Å²) < 4.78 is 26.4. The van der Waals surface area contributed by atoms with Crippen LogP contribution in [0.3, 0.4) is 0 Å². The van der Waals surface area contributed by atoms with E-state index in [9.17, 15) is 8.42 Å². The Hall–Kier alpha value is -1.56. The van der Waals surface area contributed by atoms with Crippen molar-refractivity contribution in [2.75, 3.05) is 13.4 Å². The average Bonchev–Trinajstić information content (AvgIpc) is 2.16. The molecule has 15 heavy (non-hydrogen) atoms. The molecule has 0 amide bonds. The number of ether oxygens (including phenoxy) is 1. The van der Waals surface area contributed by atoms with E-state index in [1.165, 1.54) is 6.21 Å². The Morgan fingerprint density at radius 3 is 2.80 bits per heavy atom. The molecule has 0 saturated heterocycles. The number of hydrazone groups is 1. The van der Waals surface area contributed by atoms with Gasteiger partial charge in [0.05, 0.1) is 19.6 Å². The van der Waals surface area contributed by atoms with Gasteiger partial charge < -0.3 is 4.74 Å². The number of hydrogen-bond donors (Lipinski definition) is 1. The maximum atomic E-state index is 10.7. The molecule has 0 unspecified atom stereocenters. The molecule has 0 heterocycles. The minimum atomic E-state index is -3.29. The fraction of sp³-hybridized carbons (Fsp3) is 0.222. The molecule has 1 N–H and O–H groups in total. The largest absolute Gasteiger partial charge is 0.497 e. The summed E-state index contributed by atoms with van der Waals surface area (Å²) in [5.74, 6) is 0.693. The van der Waals surface area contributed by atoms with Crippen LogP contribution in [0.5, 0.6) is 5.75 Å². The van der Waals surface area contributed by atoms with Crippen molar-refractivity contribution in [3.8, 4) is 5.75 Å². The summed E-state index contributed by atoms with van der Waals surface area (Å²) in [4.78, 5) is 2.01. The van der Waals surface area contributed by atoms with Crippen LogP contribution >= 0.6 is 0 Å². The number of nitrogens with zero attached hydrogens (tertiary/aromatic N) is 1. The third kappa shape index (κ3) is 4.46. The smallest absolute Gasteiger partial charge is 0.244 e. The van der Waals surface area contributed by atoms with E-state index in [1.807, 2.05) is 4.83 Å². The highest BCUT2D eigenvalue weighted by Crippen LogP contribution is 2.10. The first-order valence-corrected chi connectivity index (χ1v) is 6.04. The predicted molar refractivity (Wildman–Crippen MR) is 58.6 cm³/mol. The molecule has 82 valence electrons. The third-order valence-corrected chi connectivity index (χ3v) is 1.96. The van der Waals surface area contributed by atoms with Crippen LogP contribution < -0.4 is 9.57 Å². The predicted octanol–water partition coefficient (Wildman–Crippen LogP) is 0.578. The van der Waals surface area contributed by atoms with Crippen molar-refractivity contribution in [3.63, 3.8) is 0 Å². The zero-order valence-corrected chi connectivity index (χ0v) is 9.28. The highest BCUT2D eigenvalue weighted by atomic mass is 32.2. The molecule has 0 fully saturated rings. The van der Waals surface area contributed by atoms with Gasteiger partial charge in [0.2, 0.25) is 10.0 Å². The van der Waals surface area contributed by atoms with E-state index in [2.05, 4.69) is 5.10 Å². The topological polar surface area (TPSA) is 67.8 Å². The SMILES string of the molecule is COc1cccc(/C=N\NS(C)(=O)=O)c1. The molecule has 0 aliphatic carbocycles. The number of methoxy groups -OCH3 is 1. The van der Waals surface area contributed by atoms with Crippen LogP contribution in [0.25, 0.3) is 0 Å². The fourth-order valence-electron chi connectivity index (χ4n) is 0.918. The monoisotopic (exact) mass is 228 g/mol. The Morgan fingerprint density at radius 2 is 2.20 bits per heavy atom. The first-order valence-electron chi connectivity index (χ1n) is 4.15. The number of nitrogens with one attached hydrogen (secondary N) is 1. The number of rotatable bonds is 4. The molecule has 0 spiro atoms. The Bertz CT molecular complexity index is 454. The van der Waals surface area contributed by atoms with Crippen LogP contribution in [0.1, 0.15) is 5.56 Å². The average molecular weight is 228 g/mol. The van der Waals surface area contributed by atoms with Gasteiger partial charge in [-0.1, -0.05) is 12.1 Å². The Labute approximate surface area is 88.8 Å². The van der Waals surface area contributed by atoms with E-state index >= 15 is 0 Å². The summed E-state index contributed by atoms with van der Waals surface area (Å²) in [5, 5.41) is 3.57. The maximum absolute atomic E-state index is 10.7. The van der Waals surface area contributed by atoms with Crippen LogP contribution in [-0.4, -0.2) is 28.0 Å². The number of hydrogen-bond acceptors (Lipinski definition) is 4. The van der Waals surface area contributed by atoms with E-state index in [1.54, 1.807) is 31.4 Å². The zero-order chi connectivity index (χ0) is 11.3. The molecule has 0 aromatic heterocycles. The van der Waals surface area contributed by atoms with Gasteiger partial charge in [-0.2, -0.15) is 5.10 Å². The molecule has 0 radical (unpaired) electrons. The molecule has 0 atom stereocenters. The molecule has 6 heteroatoms. The second-order valence-electron chi connectivity index (χ2n) is 2.90. The second-order valence-corrected chi connectivity index (χ2v) is 4.63. The van der Waals surface area contributed by atoms with Gasteiger partial charge >= 0.3 is 0 Å². The summed E-state index contributed by atoms with van der Waals surface area (Å²) in [7, 11) is -1.73. The Kier molecular flexibility index (Phi) is 3.68. The van der Waals surface area contributed by atoms with Crippen molar-refractivity contribution < 1.29 is 13.2 Å². The van der Waals surface area contributed by atoms with Crippen molar-refractivity contribution in [2.24, 2.45) is 5.10 Å². The second kappa shape index (κ2) is 4.79. The quantitative estimate of drug-likeness (QED) is 0.605. The van der Waals surface area contributed by atoms with Crippen LogP contribution in [-0.2, 0) is 10.0 Å². The Balaban J connectivity index is 2.72. The van der Waals surface area contributed by atoms with E-state index in [4.69, 9.17) is 4.74 Å². The highest BCUT2D eigenvalue weighted by Gasteiger charge is 1.95. The lowest BCUT2D eigenvalue weighted by molar-refractivity contribution is 0.415. The van der Waals surface area contributed by atoms with Crippen LogP contribution in [0.15, 0.2) is 29.4 Å². The zero-order valence-electron chi connectivity index (χ0n) is 8.47. The summed E-state index contributed by atoms with van der Waals surface area (Å²) in [6.07, 6.45) is 2.44. The number of sulfonamides is 1. The maximum Gasteiger partial charge on any atom is 0.244 e. The molecule has 0 aliphatic heterocycles. The van der Waals surface area contributed by atoms with E-state index < -0.39 is 10.0 Å². The molecule has 0 saturated carbocycles. The van der Waals surface area contributed by atoms with Crippen molar-refractivity contribution in [1.29, 1.82) is 0 Å². The summed E-state index contributed by atoms with van der Waals surface area (Å²) in [6, 6.07) is 7.12. The van der Waals surface area contributed by atoms with Gasteiger partial charge in [-0.15, -0.1) is 0 Å². The van der Waals surface area contributed by atoms with Gasteiger partial charge in [0.15, 0.2) is 0 Å². The van der Waals surface area contributed by atoms with Crippen LogP contribution in [0, 0.1) is 0 Å². The summed E-state index contributed by atoms with van der Waals surface area (Å²) >= 11 is 0. The lowest BCUT2D eigenvalue weighted by atomic mass is 10.2. The van der Waals surface area contributed by atoms with Crippen LogP contribution in [0.4, 0.5) is 0 Å². The van der Waals surface area contributed by atoms with Gasteiger partial charge in [-0.25, -0.2) is 13.2 Å². The van der Waals surface area contributed by atoms with Crippen LogP contribution in [0.2, 0.25) is 0 Å². The van der Waals surface area contributed by atoms with Gasteiger partial charge in [0.25, 0.3) is 0 Å². The van der Waals surface area contributed by atoms with Gasteiger partial charge in [0.1, 0.15) is 5.75 Å². The van der Waals surface area contributed by atoms with Gasteiger partial charge in [-0.3, -0.25) is 0 Å². The normalized spacial score (nSPS) is 11.6. The number of benzene rings is 1. The molecule has 0 aliphatic rings. The first-order chi connectivity index (χ1) is 7.01. The van der Waals surface area contributed by atoms with Crippen molar-refractivity contribution in [2.45, 2.75) is 0 Å². The standard InChI is InChI=1S/C9H12N2O3S/c1-14-9-5-3-4-8(6-9)7-10-11-15(2,12)13/h3-7,11H,1-2H3/b10-7-. The minimum absolute atomic E-state index is 0.693. The van der Waals surface area contributed by atoms with E-state index in [-0.39, 0.29) is 0 Å². The Morgan fingerprint density at radius 1 is 1.47 bits per heavy atom. The molecule has 0 bridgehead atoms. The lowest BCUT2D eigenvalue weighted by Gasteiger charge is -1.99. The molecular formula is C9H12N2O3S. The fourth-order valence-corrected chi connectivity index (χ4v) is 1.16. The molecular weight excluding hydrogens is 216 g/mol. The lowest BCUT2D eigenvalue weighted by Crippen LogP contribution is -2.15. The first kappa shape index (κ1) is 11.5. The van der Waals surface area contributed by atoms with Gasteiger partial charge in [0, 0.05) is 0 Å². The molecule has 1 aromatic rings. The van der Waals surface area contributed by atoms with E-state index in [0.717, 1.165) is 11.8 Å². The molecule has 5 nitrogen and oxygen atoms in total. The van der Waals surface area contributed by atoms with Gasteiger partial charge in [-0.05, 0) is 17.7 Å². The van der Waals surface area contributed by atoms with Crippen molar-refractivity contribution in [3.05, 3.63) is 29.8 Å². The summed E-state index contributed by atoms with van der Waals surface area (Å²) in [6.45, 7) is 0.